The third-order valence-electron chi connectivity index (χ3n) is 8.80. The van der Waals surface area contributed by atoms with Crippen LogP contribution in [-0.2, 0) is 0 Å². The van der Waals surface area contributed by atoms with Crippen LogP contribution in [0.25, 0.3) is 0 Å². The molecule has 3 fully saturated rings. The van der Waals surface area contributed by atoms with Gasteiger partial charge in [0, 0.05) is 28.8 Å². The first-order valence-electron chi connectivity index (χ1n) is 13.1. The van der Waals surface area contributed by atoms with Gasteiger partial charge in [-0.25, -0.2) is 0 Å². The van der Waals surface area contributed by atoms with Gasteiger partial charge in [-0.15, -0.1) is 0 Å². The zero-order chi connectivity index (χ0) is 22.2. The Bertz CT molecular complexity index is 986. The molecule has 1 heterocycles. The summed E-state index contributed by atoms with van der Waals surface area (Å²) in [6.45, 7) is 0.766. The van der Waals surface area contributed by atoms with E-state index in [-0.39, 0.29) is 5.91 Å². The minimum absolute atomic E-state index is 0.0898. The van der Waals surface area contributed by atoms with E-state index in [9.17, 15) is 4.79 Å². The maximum Gasteiger partial charge on any atom is 0.251 e. The lowest BCUT2D eigenvalue weighted by Gasteiger charge is -2.43. The van der Waals surface area contributed by atoms with E-state index < -0.39 is 0 Å². The third-order valence-corrected chi connectivity index (χ3v) is 10.2. The lowest BCUT2D eigenvalue weighted by molar-refractivity contribution is 0.0956. The van der Waals surface area contributed by atoms with Gasteiger partial charge in [0.15, 0.2) is 0 Å². The number of carbonyl (C=O) groups excluding carboxylic acids is 1. The molecule has 2 aromatic carbocycles. The molecule has 6 rings (SSSR count). The molecular weight excluding hydrogens is 424 g/mol. The molecule has 1 aliphatic heterocycles. The lowest BCUT2D eigenvalue weighted by Crippen LogP contribution is -2.36. The van der Waals surface area contributed by atoms with Crippen molar-refractivity contribution in [1.82, 2.24) is 5.32 Å². The third kappa shape index (κ3) is 4.20. The summed E-state index contributed by atoms with van der Waals surface area (Å²) in [6, 6.07) is 17.8. The molecule has 0 spiro atoms. The van der Waals surface area contributed by atoms with Gasteiger partial charge in [0.25, 0.3) is 5.91 Å². The minimum Gasteiger partial charge on any atom is -0.378 e. The number of nitrogens with one attached hydrogen (secondary N) is 2. The zero-order valence-electron chi connectivity index (χ0n) is 19.5. The smallest absolute Gasteiger partial charge is 0.251 e. The van der Waals surface area contributed by atoms with E-state index in [0.29, 0.717) is 17.9 Å². The summed E-state index contributed by atoms with van der Waals surface area (Å²) >= 11 is 2.05. The van der Waals surface area contributed by atoms with Gasteiger partial charge in [-0.05, 0) is 85.1 Å². The van der Waals surface area contributed by atoms with Gasteiger partial charge in [0.05, 0.1) is 6.04 Å². The van der Waals surface area contributed by atoms with Crippen LogP contribution < -0.4 is 10.6 Å². The van der Waals surface area contributed by atoms with Crippen molar-refractivity contribution in [3.63, 3.8) is 0 Å². The van der Waals surface area contributed by atoms with Crippen molar-refractivity contribution in [2.45, 2.75) is 68.6 Å². The summed E-state index contributed by atoms with van der Waals surface area (Å²) in [5.74, 6) is 3.92. The Labute approximate surface area is 202 Å². The van der Waals surface area contributed by atoms with Crippen LogP contribution in [0, 0.1) is 17.8 Å². The normalized spacial score (nSPS) is 30.4. The largest absolute Gasteiger partial charge is 0.378 e. The quantitative estimate of drug-likeness (QED) is 0.467. The topological polar surface area (TPSA) is 41.1 Å². The van der Waals surface area contributed by atoms with Gasteiger partial charge in [-0.3, -0.25) is 4.79 Å². The van der Waals surface area contributed by atoms with Gasteiger partial charge in [-0.1, -0.05) is 49.6 Å². The van der Waals surface area contributed by atoms with Crippen molar-refractivity contribution < 1.29 is 4.79 Å². The molecule has 0 aromatic heterocycles. The number of fused-ring (bicyclic) bond motifs is 7. The highest BCUT2D eigenvalue weighted by Crippen LogP contribution is 2.63. The van der Waals surface area contributed by atoms with Crippen molar-refractivity contribution in [3.05, 3.63) is 65.2 Å². The molecule has 5 atom stereocenters. The predicted molar refractivity (Wildman–Crippen MR) is 138 cm³/mol. The maximum absolute atomic E-state index is 13.0. The number of rotatable bonds is 6. The molecule has 2 bridgehead atoms. The molecule has 3 saturated carbocycles. The number of thioether (sulfide) groups is 1. The van der Waals surface area contributed by atoms with Crippen molar-refractivity contribution in [3.8, 4) is 0 Å². The number of hydrogen-bond donors (Lipinski definition) is 2. The Balaban J connectivity index is 1.17. The van der Waals surface area contributed by atoms with E-state index in [2.05, 4.69) is 64.9 Å². The van der Waals surface area contributed by atoms with Gasteiger partial charge < -0.3 is 10.6 Å². The molecule has 3 aliphatic carbocycles. The first-order chi connectivity index (χ1) is 16.3. The highest BCUT2D eigenvalue weighted by atomic mass is 32.2. The summed E-state index contributed by atoms with van der Waals surface area (Å²) in [5.41, 5.74) is 4.87. The molecule has 0 radical (unpaired) electrons. The van der Waals surface area contributed by atoms with E-state index >= 15 is 0 Å². The molecular formula is C29H36N2OS. The molecule has 4 aliphatic rings. The standard InChI is InChI=1S/C29H36N2OS/c32-29(30-15-16-33-23-9-5-2-6-10-23)22-13-14-25-24(18-22)26-20-11-12-21(17-20)27(26)28(31-25)19-7-3-1-4-8-19/h1,3-4,7-8,13-14,18,20-21,23,26-28,31H,2,5-6,9-12,15-17H2,(H,30,32)/t20-,21-,26-,27+,28+/m0/s1. The Morgan fingerprint density at radius 3 is 2.64 bits per heavy atom. The number of anilines is 1. The van der Waals surface area contributed by atoms with Crippen LogP contribution in [0.15, 0.2) is 48.5 Å². The first kappa shape index (κ1) is 21.6. The first-order valence-corrected chi connectivity index (χ1v) is 14.2. The summed E-state index contributed by atoms with van der Waals surface area (Å²) < 4.78 is 0. The van der Waals surface area contributed by atoms with Crippen LogP contribution in [0.5, 0.6) is 0 Å². The molecule has 4 heteroatoms. The second-order valence-corrected chi connectivity index (χ2v) is 12.1. The summed E-state index contributed by atoms with van der Waals surface area (Å²) in [4.78, 5) is 13.0. The van der Waals surface area contributed by atoms with E-state index in [1.54, 1.807) is 0 Å². The monoisotopic (exact) mass is 460 g/mol. The van der Waals surface area contributed by atoms with Gasteiger partial charge >= 0.3 is 0 Å². The molecule has 0 saturated heterocycles. The van der Waals surface area contributed by atoms with E-state index in [1.807, 2.05) is 6.07 Å². The molecule has 2 N–H and O–H groups in total. The Kier molecular flexibility index (Phi) is 6.13. The van der Waals surface area contributed by atoms with Crippen LogP contribution >= 0.6 is 11.8 Å². The van der Waals surface area contributed by atoms with Crippen molar-refractivity contribution in [2.24, 2.45) is 17.8 Å². The predicted octanol–water partition coefficient (Wildman–Crippen LogP) is 6.78. The molecule has 33 heavy (non-hydrogen) atoms. The second-order valence-electron chi connectivity index (χ2n) is 10.7. The fraction of sp³-hybridized carbons (Fsp3) is 0.552. The number of amides is 1. The number of hydrogen-bond acceptors (Lipinski definition) is 3. The van der Waals surface area contributed by atoms with Gasteiger partial charge in [-0.2, -0.15) is 11.8 Å². The minimum atomic E-state index is 0.0898. The highest BCUT2D eigenvalue weighted by Gasteiger charge is 2.53. The molecule has 1 amide bonds. The molecule has 174 valence electrons. The fourth-order valence-corrected chi connectivity index (χ4v) is 8.56. The van der Waals surface area contributed by atoms with Crippen LogP contribution in [0.2, 0.25) is 0 Å². The fourth-order valence-electron chi connectivity index (χ4n) is 7.34. The van der Waals surface area contributed by atoms with E-state index in [4.69, 9.17) is 0 Å². The molecule has 3 nitrogen and oxygen atoms in total. The summed E-state index contributed by atoms with van der Waals surface area (Å²) in [6.07, 6.45) is 10.9. The van der Waals surface area contributed by atoms with Crippen molar-refractivity contribution in [2.75, 3.05) is 17.6 Å². The average Bonchev–Trinajstić information content (AvgIpc) is 3.50. The SMILES string of the molecule is O=C(NCCSC1CCCCC1)c1ccc2c(c1)[C@@H]1[C@H]3CC[C@@H](C3)[C@H]1[C@@H](c1ccccc1)N2. The molecule has 2 aromatic rings. The maximum atomic E-state index is 13.0. The highest BCUT2D eigenvalue weighted by molar-refractivity contribution is 7.99. The van der Waals surface area contributed by atoms with Crippen molar-refractivity contribution in [1.29, 1.82) is 0 Å². The Morgan fingerprint density at radius 2 is 1.79 bits per heavy atom. The van der Waals surface area contributed by atoms with E-state index in [1.165, 1.54) is 68.2 Å². The van der Waals surface area contributed by atoms with Gasteiger partial charge in [0.2, 0.25) is 0 Å². The van der Waals surface area contributed by atoms with Crippen LogP contribution in [0.4, 0.5) is 5.69 Å². The second kappa shape index (κ2) is 9.37. The van der Waals surface area contributed by atoms with Crippen LogP contribution in [0.3, 0.4) is 0 Å². The lowest BCUT2D eigenvalue weighted by atomic mass is 9.68. The Hall–Kier alpha value is -1.94. The van der Waals surface area contributed by atoms with Gasteiger partial charge in [0.1, 0.15) is 0 Å². The number of benzene rings is 2. The summed E-state index contributed by atoms with van der Waals surface area (Å²) in [5, 5.41) is 7.89. The summed E-state index contributed by atoms with van der Waals surface area (Å²) in [7, 11) is 0. The molecule has 0 unspecified atom stereocenters. The van der Waals surface area contributed by atoms with E-state index in [0.717, 1.165) is 34.9 Å². The average molecular weight is 461 g/mol. The zero-order valence-corrected chi connectivity index (χ0v) is 20.3. The number of carbonyl (C=O) groups is 1. The van der Waals surface area contributed by atoms with Crippen molar-refractivity contribution >= 4 is 23.4 Å². The Morgan fingerprint density at radius 1 is 0.970 bits per heavy atom. The van der Waals surface area contributed by atoms with Crippen LogP contribution in [0.1, 0.15) is 84.8 Å². The van der Waals surface area contributed by atoms with Crippen LogP contribution in [-0.4, -0.2) is 23.5 Å².